The van der Waals surface area contributed by atoms with Crippen LogP contribution in [0.25, 0.3) is 10.9 Å². The number of rotatable bonds is 1. The van der Waals surface area contributed by atoms with Gasteiger partial charge in [-0.1, -0.05) is 33.6 Å². The van der Waals surface area contributed by atoms with E-state index in [0.717, 1.165) is 9.86 Å². The number of hydrogen-bond acceptors (Lipinski definition) is 2. The minimum absolute atomic E-state index is 0.247. The van der Waals surface area contributed by atoms with E-state index in [2.05, 4.69) is 20.9 Å². The first kappa shape index (κ1) is 10.9. The Labute approximate surface area is 104 Å². The number of aromatic nitrogens is 1. The van der Waals surface area contributed by atoms with Crippen LogP contribution in [0.3, 0.4) is 0 Å². The van der Waals surface area contributed by atoms with Crippen molar-refractivity contribution in [3.63, 3.8) is 0 Å². The predicted octanol–water partition coefficient (Wildman–Crippen LogP) is 4.03. The van der Waals surface area contributed by atoms with Crippen molar-refractivity contribution in [3.05, 3.63) is 39.5 Å². The van der Waals surface area contributed by atoms with Gasteiger partial charge in [0.15, 0.2) is 0 Å². The van der Waals surface area contributed by atoms with Gasteiger partial charge in [-0.05, 0) is 23.7 Å². The molecule has 0 saturated heterocycles. The van der Waals surface area contributed by atoms with Crippen LogP contribution in [0.5, 0.6) is 0 Å². The van der Waals surface area contributed by atoms with Crippen LogP contribution in [0.4, 0.5) is 0 Å². The summed E-state index contributed by atoms with van der Waals surface area (Å²) in [7, 11) is 0. The summed E-state index contributed by atoms with van der Waals surface area (Å²) >= 11 is 14.7. The molecular formula is C10H4BrCl2NO. The molecule has 0 aliphatic carbocycles. The minimum atomic E-state index is -0.601. The Kier molecular flexibility index (Phi) is 2.96. The molecule has 1 aromatic heterocycles. The molecule has 15 heavy (non-hydrogen) atoms. The Balaban J connectivity index is 2.94. The van der Waals surface area contributed by atoms with E-state index < -0.39 is 5.24 Å². The van der Waals surface area contributed by atoms with E-state index >= 15 is 0 Å². The SMILES string of the molecule is O=C(Cl)c1c(Cl)ccc2c(Br)ccnc12. The van der Waals surface area contributed by atoms with Crippen molar-refractivity contribution >= 4 is 55.3 Å². The summed E-state index contributed by atoms with van der Waals surface area (Å²) in [5, 5.41) is 0.523. The molecule has 1 heterocycles. The van der Waals surface area contributed by atoms with Crippen LogP contribution >= 0.6 is 39.1 Å². The van der Waals surface area contributed by atoms with Crippen LogP contribution in [-0.4, -0.2) is 10.2 Å². The highest BCUT2D eigenvalue weighted by atomic mass is 79.9. The van der Waals surface area contributed by atoms with Crippen molar-refractivity contribution in [1.29, 1.82) is 0 Å². The van der Waals surface area contributed by atoms with Gasteiger partial charge in [-0.3, -0.25) is 9.78 Å². The van der Waals surface area contributed by atoms with Gasteiger partial charge in [0.05, 0.1) is 16.1 Å². The molecule has 0 unspecified atom stereocenters. The van der Waals surface area contributed by atoms with Gasteiger partial charge in [0, 0.05) is 16.1 Å². The third kappa shape index (κ3) is 1.87. The second-order valence-corrected chi connectivity index (χ2v) is 4.49. The number of pyridine rings is 1. The molecule has 0 atom stereocenters. The molecule has 76 valence electrons. The molecule has 0 aliphatic rings. The van der Waals surface area contributed by atoms with Crippen molar-refractivity contribution < 1.29 is 4.79 Å². The average Bonchev–Trinajstić information content (AvgIpc) is 2.17. The maximum absolute atomic E-state index is 11.2. The fourth-order valence-corrected chi connectivity index (χ4v) is 2.26. The molecular weight excluding hydrogens is 301 g/mol. The van der Waals surface area contributed by atoms with E-state index in [0.29, 0.717) is 10.5 Å². The quantitative estimate of drug-likeness (QED) is 0.745. The minimum Gasteiger partial charge on any atom is -0.275 e. The highest BCUT2D eigenvalue weighted by molar-refractivity contribution is 9.10. The van der Waals surface area contributed by atoms with E-state index in [1.54, 1.807) is 24.4 Å². The van der Waals surface area contributed by atoms with Crippen LogP contribution in [0.1, 0.15) is 10.4 Å². The molecule has 0 radical (unpaired) electrons. The topological polar surface area (TPSA) is 30.0 Å². The zero-order valence-electron chi connectivity index (χ0n) is 7.30. The van der Waals surface area contributed by atoms with Gasteiger partial charge in [-0.25, -0.2) is 0 Å². The molecule has 0 N–H and O–H groups in total. The summed E-state index contributed by atoms with van der Waals surface area (Å²) in [5.74, 6) is 0. The molecule has 0 spiro atoms. The second kappa shape index (κ2) is 4.08. The molecule has 2 rings (SSSR count). The summed E-state index contributed by atoms with van der Waals surface area (Å²) in [4.78, 5) is 15.3. The largest absolute Gasteiger partial charge is 0.275 e. The second-order valence-electron chi connectivity index (χ2n) is 2.89. The van der Waals surface area contributed by atoms with E-state index in [1.807, 2.05) is 0 Å². The fraction of sp³-hybridized carbons (Fsp3) is 0. The molecule has 0 saturated carbocycles. The molecule has 2 nitrogen and oxygen atoms in total. The van der Waals surface area contributed by atoms with Gasteiger partial charge >= 0.3 is 0 Å². The van der Waals surface area contributed by atoms with Crippen molar-refractivity contribution in [2.45, 2.75) is 0 Å². The summed E-state index contributed by atoms with van der Waals surface area (Å²) in [6.45, 7) is 0. The standard InChI is InChI=1S/C10H4BrCl2NO/c11-6-3-4-14-9-5(6)1-2-7(12)8(9)10(13)15/h1-4H. The van der Waals surface area contributed by atoms with E-state index in [9.17, 15) is 4.79 Å². The Hall–Kier alpha value is -0.640. The van der Waals surface area contributed by atoms with Gasteiger partial charge in [0.1, 0.15) is 0 Å². The number of carbonyl (C=O) groups excluding carboxylic acids is 1. The van der Waals surface area contributed by atoms with E-state index in [-0.39, 0.29) is 5.56 Å². The highest BCUT2D eigenvalue weighted by Gasteiger charge is 2.14. The number of nitrogens with zero attached hydrogens (tertiary/aromatic N) is 1. The Morgan fingerprint density at radius 3 is 2.73 bits per heavy atom. The highest BCUT2D eigenvalue weighted by Crippen LogP contribution is 2.30. The van der Waals surface area contributed by atoms with Crippen molar-refractivity contribution in [3.8, 4) is 0 Å². The number of carbonyl (C=O) groups is 1. The fourth-order valence-electron chi connectivity index (χ4n) is 1.35. The lowest BCUT2D eigenvalue weighted by molar-refractivity contribution is 0.108. The Morgan fingerprint density at radius 2 is 2.07 bits per heavy atom. The van der Waals surface area contributed by atoms with E-state index in [1.165, 1.54) is 0 Å². The zero-order chi connectivity index (χ0) is 11.0. The van der Waals surface area contributed by atoms with Gasteiger partial charge < -0.3 is 0 Å². The first-order chi connectivity index (χ1) is 7.11. The molecule has 0 bridgehead atoms. The van der Waals surface area contributed by atoms with Gasteiger partial charge in [0.25, 0.3) is 5.24 Å². The van der Waals surface area contributed by atoms with Crippen LogP contribution in [0.2, 0.25) is 5.02 Å². The van der Waals surface area contributed by atoms with Gasteiger partial charge in [-0.2, -0.15) is 0 Å². The summed E-state index contributed by atoms with van der Waals surface area (Å²) < 4.78 is 0.850. The number of fused-ring (bicyclic) bond motifs is 1. The normalized spacial score (nSPS) is 10.6. The van der Waals surface area contributed by atoms with E-state index in [4.69, 9.17) is 23.2 Å². The predicted molar refractivity (Wildman–Crippen MR) is 64.6 cm³/mol. The van der Waals surface area contributed by atoms with Gasteiger partial charge in [0.2, 0.25) is 0 Å². The summed E-state index contributed by atoms with van der Waals surface area (Å²) in [6, 6.07) is 5.21. The lowest BCUT2D eigenvalue weighted by Crippen LogP contribution is -1.94. The summed E-state index contributed by atoms with van der Waals surface area (Å²) in [5.41, 5.74) is 0.758. The smallest absolute Gasteiger partial charge is 0.256 e. The monoisotopic (exact) mass is 303 g/mol. The van der Waals surface area contributed by atoms with Crippen LogP contribution in [0.15, 0.2) is 28.9 Å². The van der Waals surface area contributed by atoms with Crippen LogP contribution in [0, 0.1) is 0 Å². The third-order valence-electron chi connectivity index (χ3n) is 2.01. The third-order valence-corrected chi connectivity index (χ3v) is 3.20. The maximum atomic E-state index is 11.2. The molecule has 0 fully saturated rings. The maximum Gasteiger partial charge on any atom is 0.256 e. The van der Waals surface area contributed by atoms with Crippen LogP contribution in [-0.2, 0) is 0 Å². The molecule has 2 aromatic rings. The number of benzene rings is 1. The summed E-state index contributed by atoms with van der Waals surface area (Å²) in [6.07, 6.45) is 1.59. The number of hydrogen-bond donors (Lipinski definition) is 0. The van der Waals surface area contributed by atoms with Crippen LogP contribution < -0.4 is 0 Å². The first-order valence-electron chi connectivity index (χ1n) is 4.04. The molecule has 0 aliphatic heterocycles. The Morgan fingerprint density at radius 1 is 1.33 bits per heavy atom. The lowest BCUT2D eigenvalue weighted by atomic mass is 10.1. The zero-order valence-corrected chi connectivity index (χ0v) is 10.4. The Bertz CT molecular complexity index is 556. The van der Waals surface area contributed by atoms with Crippen molar-refractivity contribution in [2.24, 2.45) is 0 Å². The van der Waals surface area contributed by atoms with Crippen molar-refractivity contribution in [2.75, 3.05) is 0 Å². The lowest BCUT2D eigenvalue weighted by Gasteiger charge is -2.04. The van der Waals surface area contributed by atoms with Gasteiger partial charge in [-0.15, -0.1) is 0 Å². The molecule has 5 heteroatoms. The average molecular weight is 305 g/mol. The first-order valence-corrected chi connectivity index (χ1v) is 5.58. The number of halogens is 3. The molecule has 1 aromatic carbocycles. The molecule has 0 amide bonds. The van der Waals surface area contributed by atoms with Crippen molar-refractivity contribution in [1.82, 2.24) is 4.98 Å².